The number of ether oxygens (including phenoxy) is 2. The molecule has 0 N–H and O–H groups in total. The van der Waals surface area contributed by atoms with Gasteiger partial charge >= 0.3 is 6.03 Å². The van der Waals surface area contributed by atoms with Gasteiger partial charge in [-0.2, -0.15) is 0 Å². The fourth-order valence-corrected chi connectivity index (χ4v) is 3.62. The lowest BCUT2D eigenvalue weighted by molar-refractivity contribution is 0.151. The average molecular weight is 446 g/mol. The minimum absolute atomic E-state index is 0.261. The zero-order valence-electron chi connectivity index (χ0n) is 18.8. The third kappa shape index (κ3) is 5.35. The predicted molar refractivity (Wildman–Crippen MR) is 127 cm³/mol. The van der Waals surface area contributed by atoms with E-state index in [1.54, 1.807) is 17.3 Å². The molecule has 4 rings (SSSR count). The number of rotatable bonds is 9. The van der Waals surface area contributed by atoms with Gasteiger partial charge in [0.2, 0.25) is 0 Å². The summed E-state index contributed by atoms with van der Waals surface area (Å²) in [5, 5.41) is 0.795. The fourth-order valence-electron chi connectivity index (χ4n) is 3.62. The topological polar surface area (TPSA) is 82.4 Å². The number of aryl methyl sites for hydroxylation is 1. The first kappa shape index (κ1) is 22.4. The van der Waals surface area contributed by atoms with Crippen molar-refractivity contribution in [3.63, 3.8) is 0 Å². The van der Waals surface area contributed by atoms with E-state index in [-0.39, 0.29) is 6.03 Å². The number of hydrogen-bond donors (Lipinski definition) is 0. The largest absolute Gasteiger partial charge is 0.491 e. The average Bonchev–Trinajstić information content (AvgIpc) is 3.38. The van der Waals surface area contributed by atoms with Gasteiger partial charge in [0, 0.05) is 24.4 Å². The molecule has 0 saturated carbocycles. The quantitative estimate of drug-likeness (QED) is 0.358. The van der Waals surface area contributed by atoms with Crippen LogP contribution in [0.5, 0.6) is 5.75 Å². The standard InChI is InChI=1S/C25H27N5O3/c1-3-32-14-10-20-8-9-23(19(2)16-20)33-15-13-30(25(31)29-12-11-26-18-29)24-21-6-4-5-7-22(21)27-17-28-24/h4-9,11-12,16-18H,3,10,13-15H2,1-2H3. The van der Waals surface area contributed by atoms with E-state index < -0.39 is 0 Å². The predicted octanol–water partition coefficient (Wildman–Crippen LogP) is 4.27. The molecule has 0 bridgehead atoms. The summed E-state index contributed by atoms with van der Waals surface area (Å²) in [6.07, 6.45) is 7.00. The Bertz CT molecular complexity index is 1200. The Morgan fingerprint density at radius 3 is 2.79 bits per heavy atom. The van der Waals surface area contributed by atoms with Crippen LogP contribution in [0.4, 0.5) is 10.6 Å². The van der Waals surface area contributed by atoms with Crippen molar-refractivity contribution < 1.29 is 14.3 Å². The zero-order chi connectivity index (χ0) is 23.0. The van der Waals surface area contributed by atoms with Gasteiger partial charge in [-0.05, 0) is 49.6 Å². The van der Waals surface area contributed by atoms with E-state index in [1.165, 1.54) is 22.8 Å². The van der Waals surface area contributed by atoms with E-state index in [0.717, 1.165) is 35.2 Å². The normalized spacial score (nSPS) is 11.0. The van der Waals surface area contributed by atoms with Crippen LogP contribution in [0, 0.1) is 6.92 Å². The number of carbonyl (C=O) groups is 1. The van der Waals surface area contributed by atoms with Gasteiger partial charge < -0.3 is 9.47 Å². The van der Waals surface area contributed by atoms with Gasteiger partial charge in [0.25, 0.3) is 0 Å². The Kier molecular flexibility index (Phi) is 7.26. The lowest BCUT2D eigenvalue weighted by atomic mass is 10.1. The summed E-state index contributed by atoms with van der Waals surface area (Å²) in [6.45, 7) is 6.05. The first-order chi connectivity index (χ1) is 16.2. The first-order valence-electron chi connectivity index (χ1n) is 11.0. The number of amides is 1. The molecule has 0 atom stereocenters. The van der Waals surface area contributed by atoms with Crippen molar-refractivity contribution in [1.82, 2.24) is 19.5 Å². The Morgan fingerprint density at radius 2 is 2.00 bits per heavy atom. The van der Waals surface area contributed by atoms with Crippen molar-refractivity contribution in [2.75, 3.05) is 31.3 Å². The summed E-state index contributed by atoms with van der Waals surface area (Å²) in [6, 6.07) is 13.5. The third-order valence-corrected chi connectivity index (χ3v) is 5.28. The van der Waals surface area contributed by atoms with Crippen LogP contribution in [0.25, 0.3) is 10.9 Å². The number of nitrogens with zero attached hydrogens (tertiary/aromatic N) is 5. The van der Waals surface area contributed by atoms with Gasteiger partial charge in [0.15, 0.2) is 0 Å². The van der Waals surface area contributed by atoms with E-state index in [2.05, 4.69) is 21.0 Å². The van der Waals surface area contributed by atoms with Crippen LogP contribution >= 0.6 is 0 Å². The van der Waals surface area contributed by atoms with Crippen LogP contribution in [-0.4, -0.2) is 51.9 Å². The SMILES string of the molecule is CCOCCc1ccc(OCCN(C(=O)n2ccnc2)c2ncnc3ccccc23)c(C)c1. The fraction of sp³-hybridized carbons (Fsp3) is 0.280. The molecule has 4 aromatic rings. The van der Waals surface area contributed by atoms with Crippen molar-refractivity contribution in [1.29, 1.82) is 0 Å². The van der Waals surface area contributed by atoms with E-state index in [9.17, 15) is 4.79 Å². The second-order valence-electron chi connectivity index (χ2n) is 7.51. The summed E-state index contributed by atoms with van der Waals surface area (Å²) < 4.78 is 12.9. The lowest BCUT2D eigenvalue weighted by Crippen LogP contribution is -2.38. The van der Waals surface area contributed by atoms with Crippen molar-refractivity contribution in [2.24, 2.45) is 0 Å². The molecule has 8 nitrogen and oxygen atoms in total. The van der Waals surface area contributed by atoms with Crippen LogP contribution in [0.3, 0.4) is 0 Å². The highest BCUT2D eigenvalue weighted by Gasteiger charge is 2.21. The van der Waals surface area contributed by atoms with Gasteiger partial charge in [0.05, 0.1) is 18.7 Å². The highest BCUT2D eigenvalue weighted by Crippen LogP contribution is 2.24. The minimum Gasteiger partial charge on any atom is -0.491 e. The van der Waals surface area contributed by atoms with Crippen LogP contribution in [0.2, 0.25) is 0 Å². The molecule has 0 aliphatic carbocycles. The monoisotopic (exact) mass is 445 g/mol. The molecule has 8 heteroatoms. The molecule has 170 valence electrons. The summed E-state index contributed by atoms with van der Waals surface area (Å²) in [7, 11) is 0. The Hall–Kier alpha value is -3.78. The molecular weight excluding hydrogens is 418 g/mol. The molecule has 0 unspecified atom stereocenters. The van der Waals surface area contributed by atoms with E-state index >= 15 is 0 Å². The molecule has 0 fully saturated rings. The molecule has 0 spiro atoms. The second-order valence-corrected chi connectivity index (χ2v) is 7.51. The van der Waals surface area contributed by atoms with Gasteiger partial charge in [-0.1, -0.05) is 24.3 Å². The van der Waals surface area contributed by atoms with E-state index in [1.807, 2.05) is 50.2 Å². The molecule has 1 amide bonds. The van der Waals surface area contributed by atoms with Crippen LogP contribution in [0.15, 0.2) is 67.5 Å². The molecule has 0 aliphatic rings. The van der Waals surface area contributed by atoms with Crippen LogP contribution in [-0.2, 0) is 11.2 Å². The Morgan fingerprint density at radius 1 is 1.12 bits per heavy atom. The van der Waals surface area contributed by atoms with Crippen molar-refractivity contribution in [3.05, 3.63) is 78.6 Å². The highest BCUT2D eigenvalue weighted by atomic mass is 16.5. The molecule has 2 heterocycles. The molecule has 0 saturated heterocycles. The zero-order valence-corrected chi connectivity index (χ0v) is 18.8. The molecule has 0 aliphatic heterocycles. The van der Waals surface area contributed by atoms with Gasteiger partial charge in [-0.3, -0.25) is 9.47 Å². The molecule has 0 radical (unpaired) electrons. The summed E-state index contributed by atoms with van der Waals surface area (Å²) >= 11 is 0. The molecule has 2 aromatic heterocycles. The number of anilines is 1. The summed E-state index contributed by atoms with van der Waals surface area (Å²) in [4.78, 5) is 27.6. The first-order valence-corrected chi connectivity index (χ1v) is 11.0. The number of fused-ring (bicyclic) bond motifs is 1. The minimum atomic E-state index is -0.261. The van der Waals surface area contributed by atoms with Crippen molar-refractivity contribution in [3.8, 4) is 5.75 Å². The number of hydrogen-bond acceptors (Lipinski definition) is 6. The van der Waals surface area contributed by atoms with Gasteiger partial charge in [-0.25, -0.2) is 19.7 Å². The Balaban J connectivity index is 1.51. The second kappa shape index (κ2) is 10.7. The highest BCUT2D eigenvalue weighted by molar-refractivity contribution is 6.00. The van der Waals surface area contributed by atoms with Gasteiger partial charge in [-0.15, -0.1) is 0 Å². The molecule has 33 heavy (non-hydrogen) atoms. The van der Waals surface area contributed by atoms with E-state index in [4.69, 9.17) is 9.47 Å². The smallest absolute Gasteiger partial charge is 0.335 e. The van der Waals surface area contributed by atoms with Crippen LogP contribution < -0.4 is 9.64 Å². The summed E-state index contributed by atoms with van der Waals surface area (Å²) in [5.41, 5.74) is 3.02. The number of aromatic nitrogens is 4. The maximum Gasteiger partial charge on any atom is 0.335 e. The maximum absolute atomic E-state index is 13.3. The Labute approximate surface area is 192 Å². The molecular formula is C25H27N5O3. The summed E-state index contributed by atoms with van der Waals surface area (Å²) in [5.74, 6) is 1.32. The number of imidazole rings is 1. The van der Waals surface area contributed by atoms with Crippen LogP contribution in [0.1, 0.15) is 18.1 Å². The van der Waals surface area contributed by atoms with E-state index in [0.29, 0.717) is 25.6 Å². The number of para-hydroxylation sites is 1. The lowest BCUT2D eigenvalue weighted by Gasteiger charge is -2.23. The van der Waals surface area contributed by atoms with Crippen molar-refractivity contribution >= 4 is 22.8 Å². The molecule has 2 aromatic carbocycles. The van der Waals surface area contributed by atoms with Gasteiger partial charge in [0.1, 0.15) is 30.8 Å². The third-order valence-electron chi connectivity index (χ3n) is 5.28. The maximum atomic E-state index is 13.3. The van der Waals surface area contributed by atoms with Crippen molar-refractivity contribution in [2.45, 2.75) is 20.3 Å². The number of carbonyl (C=O) groups excluding carboxylic acids is 1. The number of benzene rings is 2.